The summed E-state index contributed by atoms with van der Waals surface area (Å²) in [5.74, 6) is 7.77. The Hall–Kier alpha value is -2.83. The molecule has 1 unspecified atom stereocenters. The molecule has 1 aliphatic rings. The Balaban J connectivity index is 1.54. The zero-order valence-electron chi connectivity index (χ0n) is 14.0. The van der Waals surface area contributed by atoms with Gasteiger partial charge in [-0.2, -0.15) is 0 Å². The van der Waals surface area contributed by atoms with Crippen LogP contribution in [0.4, 0.5) is 5.82 Å². The molecule has 0 saturated heterocycles. The van der Waals surface area contributed by atoms with Crippen molar-refractivity contribution in [2.24, 2.45) is 5.84 Å². The van der Waals surface area contributed by atoms with Crippen LogP contribution in [-0.2, 0) is 10.5 Å². The van der Waals surface area contributed by atoms with Gasteiger partial charge in [-0.15, -0.1) is 22.0 Å². The van der Waals surface area contributed by atoms with Gasteiger partial charge in [0.1, 0.15) is 0 Å². The topological polar surface area (TPSA) is 64.3 Å². The SMILES string of the molecule is NN(C1=CC=COC1SCc1ccccc1)c1cc2ccccc2nn1. The summed E-state index contributed by atoms with van der Waals surface area (Å²) in [4.78, 5) is 0. The molecule has 0 radical (unpaired) electrons. The molecule has 1 atom stereocenters. The number of nitrogens with zero attached hydrogens (tertiary/aromatic N) is 3. The molecule has 5 nitrogen and oxygen atoms in total. The van der Waals surface area contributed by atoms with Gasteiger partial charge in [-0.1, -0.05) is 48.5 Å². The maximum Gasteiger partial charge on any atom is 0.185 e. The van der Waals surface area contributed by atoms with Gasteiger partial charge in [-0.3, -0.25) is 5.01 Å². The number of benzene rings is 2. The molecule has 0 aliphatic carbocycles. The summed E-state index contributed by atoms with van der Waals surface area (Å²) in [6.07, 6.45) is 5.47. The molecule has 4 rings (SSSR count). The lowest BCUT2D eigenvalue weighted by atomic mass is 10.2. The lowest BCUT2D eigenvalue weighted by Crippen LogP contribution is -2.37. The van der Waals surface area contributed by atoms with Crippen LogP contribution in [0.15, 0.2) is 84.8 Å². The maximum atomic E-state index is 6.36. The van der Waals surface area contributed by atoms with Gasteiger partial charge in [-0.25, -0.2) is 5.84 Å². The number of fused-ring (bicyclic) bond motifs is 1. The molecule has 130 valence electrons. The van der Waals surface area contributed by atoms with E-state index >= 15 is 0 Å². The number of aromatic nitrogens is 2. The fourth-order valence-corrected chi connectivity index (χ4v) is 3.73. The number of hydrogen-bond donors (Lipinski definition) is 1. The first-order valence-corrected chi connectivity index (χ1v) is 9.31. The number of ether oxygens (including phenoxy) is 1. The molecule has 26 heavy (non-hydrogen) atoms. The Morgan fingerprint density at radius 2 is 1.85 bits per heavy atom. The smallest absolute Gasteiger partial charge is 0.185 e. The molecular weight excluding hydrogens is 344 g/mol. The van der Waals surface area contributed by atoms with Crippen LogP contribution in [0.25, 0.3) is 10.9 Å². The second kappa shape index (κ2) is 7.59. The Morgan fingerprint density at radius 1 is 1.04 bits per heavy atom. The van der Waals surface area contributed by atoms with Crippen molar-refractivity contribution in [3.8, 4) is 0 Å². The van der Waals surface area contributed by atoms with Crippen molar-refractivity contribution in [2.75, 3.05) is 5.01 Å². The highest BCUT2D eigenvalue weighted by molar-refractivity contribution is 7.99. The summed E-state index contributed by atoms with van der Waals surface area (Å²) in [6, 6.07) is 20.1. The van der Waals surface area contributed by atoms with E-state index in [1.165, 1.54) is 5.56 Å². The predicted octanol–water partition coefficient (Wildman–Crippen LogP) is 4.00. The molecule has 1 aromatic heterocycles. The summed E-state index contributed by atoms with van der Waals surface area (Å²) in [5.41, 5.74) is 2.70. The van der Waals surface area contributed by atoms with Gasteiger partial charge in [0.15, 0.2) is 11.3 Å². The van der Waals surface area contributed by atoms with Gasteiger partial charge in [-0.05, 0) is 29.8 Å². The Bertz CT molecular complexity index is 958. The number of anilines is 1. The summed E-state index contributed by atoms with van der Waals surface area (Å²) in [7, 11) is 0. The van der Waals surface area contributed by atoms with Crippen molar-refractivity contribution in [3.63, 3.8) is 0 Å². The minimum atomic E-state index is -0.210. The van der Waals surface area contributed by atoms with Crippen LogP contribution in [0.3, 0.4) is 0 Å². The lowest BCUT2D eigenvalue weighted by molar-refractivity contribution is 0.243. The van der Waals surface area contributed by atoms with Crippen LogP contribution in [0, 0.1) is 0 Å². The zero-order valence-corrected chi connectivity index (χ0v) is 14.8. The predicted molar refractivity (Wildman–Crippen MR) is 106 cm³/mol. The van der Waals surface area contributed by atoms with Crippen LogP contribution < -0.4 is 10.9 Å². The molecule has 3 aromatic rings. The van der Waals surface area contributed by atoms with Gasteiger partial charge < -0.3 is 4.74 Å². The van der Waals surface area contributed by atoms with Crippen molar-refractivity contribution in [2.45, 2.75) is 11.2 Å². The summed E-state index contributed by atoms with van der Waals surface area (Å²) >= 11 is 1.67. The van der Waals surface area contributed by atoms with Gasteiger partial charge in [0.2, 0.25) is 0 Å². The highest BCUT2D eigenvalue weighted by Crippen LogP contribution is 2.30. The number of rotatable bonds is 5. The summed E-state index contributed by atoms with van der Waals surface area (Å²) in [5, 5.41) is 11.0. The van der Waals surface area contributed by atoms with Gasteiger partial charge in [0, 0.05) is 11.1 Å². The van der Waals surface area contributed by atoms with E-state index < -0.39 is 0 Å². The third-order valence-corrected chi connectivity index (χ3v) is 5.20. The third-order valence-electron chi connectivity index (χ3n) is 4.04. The minimum Gasteiger partial charge on any atom is -0.481 e. The molecule has 0 fully saturated rings. The van der Waals surface area contributed by atoms with Gasteiger partial charge in [0.05, 0.1) is 17.5 Å². The fraction of sp³-hybridized carbons (Fsp3) is 0.100. The molecule has 0 saturated carbocycles. The first kappa shape index (κ1) is 16.6. The Morgan fingerprint density at radius 3 is 2.73 bits per heavy atom. The molecule has 2 heterocycles. The number of hydrogen-bond acceptors (Lipinski definition) is 6. The van der Waals surface area contributed by atoms with Crippen LogP contribution in [-0.4, -0.2) is 15.6 Å². The second-order valence-electron chi connectivity index (χ2n) is 5.82. The Labute approximate surface area is 156 Å². The normalized spacial score (nSPS) is 16.2. The highest BCUT2D eigenvalue weighted by atomic mass is 32.2. The van der Waals surface area contributed by atoms with E-state index in [4.69, 9.17) is 10.6 Å². The van der Waals surface area contributed by atoms with Crippen LogP contribution in [0.2, 0.25) is 0 Å². The molecule has 0 spiro atoms. The number of hydrazine groups is 1. The van der Waals surface area contributed by atoms with E-state index in [1.54, 1.807) is 23.0 Å². The highest BCUT2D eigenvalue weighted by Gasteiger charge is 2.23. The van der Waals surface area contributed by atoms with E-state index in [0.29, 0.717) is 5.82 Å². The van der Waals surface area contributed by atoms with E-state index in [9.17, 15) is 0 Å². The van der Waals surface area contributed by atoms with Crippen LogP contribution in [0.5, 0.6) is 0 Å². The summed E-state index contributed by atoms with van der Waals surface area (Å²) in [6.45, 7) is 0. The zero-order chi connectivity index (χ0) is 17.8. The van der Waals surface area contributed by atoms with Crippen LogP contribution in [0.1, 0.15) is 5.56 Å². The summed E-state index contributed by atoms with van der Waals surface area (Å²) < 4.78 is 5.79. The van der Waals surface area contributed by atoms with Crippen molar-refractivity contribution >= 4 is 28.5 Å². The van der Waals surface area contributed by atoms with Crippen molar-refractivity contribution < 1.29 is 4.74 Å². The van der Waals surface area contributed by atoms with E-state index in [2.05, 4.69) is 22.3 Å². The number of nitrogens with two attached hydrogens (primary N) is 1. The lowest BCUT2D eigenvalue weighted by Gasteiger charge is -2.28. The molecular formula is C20H18N4OS. The van der Waals surface area contributed by atoms with Gasteiger partial charge in [0.25, 0.3) is 0 Å². The van der Waals surface area contributed by atoms with E-state index in [-0.39, 0.29) is 5.44 Å². The van der Waals surface area contributed by atoms with E-state index in [1.807, 2.05) is 60.7 Å². The second-order valence-corrected chi connectivity index (χ2v) is 6.87. The quantitative estimate of drug-likeness (QED) is 0.547. The number of allylic oxidation sites excluding steroid dienone is 2. The first-order chi connectivity index (χ1) is 12.8. The molecule has 6 heteroatoms. The fourth-order valence-electron chi connectivity index (χ4n) is 2.69. The molecule has 2 N–H and O–H groups in total. The van der Waals surface area contributed by atoms with Crippen molar-refractivity contribution in [3.05, 3.63) is 90.3 Å². The third kappa shape index (κ3) is 3.56. The largest absolute Gasteiger partial charge is 0.481 e. The van der Waals surface area contributed by atoms with E-state index in [0.717, 1.165) is 22.4 Å². The molecule has 0 amide bonds. The minimum absolute atomic E-state index is 0.210. The molecule has 0 bridgehead atoms. The maximum absolute atomic E-state index is 6.36. The van der Waals surface area contributed by atoms with Crippen molar-refractivity contribution in [1.82, 2.24) is 10.2 Å². The van der Waals surface area contributed by atoms with Crippen molar-refractivity contribution in [1.29, 1.82) is 0 Å². The molecule has 1 aliphatic heterocycles. The average Bonchev–Trinajstić information content (AvgIpc) is 2.72. The number of thioether (sulfide) groups is 1. The Kier molecular flexibility index (Phi) is 4.86. The first-order valence-electron chi connectivity index (χ1n) is 8.26. The average molecular weight is 362 g/mol. The standard InChI is InChI=1S/C20H18N4OS/c21-24(19-13-16-9-4-5-10-17(16)22-23-19)18-11-6-12-25-20(18)26-14-15-7-2-1-3-8-15/h1-13,20H,14,21H2. The monoisotopic (exact) mass is 362 g/mol. The van der Waals surface area contributed by atoms with Crippen LogP contribution >= 0.6 is 11.8 Å². The molecule has 2 aromatic carbocycles. The van der Waals surface area contributed by atoms with Gasteiger partial charge >= 0.3 is 0 Å².